The fourth-order valence-electron chi connectivity index (χ4n) is 0.562. The third kappa shape index (κ3) is 1.27. The Morgan fingerprint density at radius 3 is 2.88 bits per heavy atom. The summed E-state index contributed by atoms with van der Waals surface area (Å²) in [6, 6.07) is 0. The molecule has 2 unspecified atom stereocenters. The maximum atomic E-state index is 10.5. The van der Waals surface area contributed by atoms with Gasteiger partial charge in [-0.1, -0.05) is 0 Å². The lowest BCUT2D eigenvalue weighted by molar-refractivity contribution is -0.0416. The van der Waals surface area contributed by atoms with Crippen molar-refractivity contribution < 1.29 is 14.1 Å². The molecule has 1 rings (SSSR count). The van der Waals surface area contributed by atoms with Gasteiger partial charge in [-0.15, -0.1) is 0 Å². The molecule has 3 nitrogen and oxygen atoms in total. The molecule has 1 saturated heterocycles. The summed E-state index contributed by atoms with van der Waals surface area (Å²) in [6.45, 7) is 0.535. The molecule has 0 spiro atoms. The number of rotatable bonds is 0. The largest absolute Gasteiger partial charge is 0.358 e. The molecule has 0 amide bonds. The molecule has 1 aliphatic rings. The van der Waals surface area contributed by atoms with Crippen LogP contribution in [-0.2, 0) is 15.5 Å². The number of aliphatic hydroxyl groups excluding tert-OH is 1. The minimum atomic E-state index is -1.15. The molecule has 2 atom stereocenters. The van der Waals surface area contributed by atoms with Crippen LogP contribution in [0.2, 0.25) is 0 Å². The van der Waals surface area contributed by atoms with Crippen LogP contribution in [0.1, 0.15) is 6.42 Å². The number of ether oxygens (including phenoxy) is 1. The Morgan fingerprint density at radius 2 is 2.50 bits per heavy atom. The van der Waals surface area contributed by atoms with E-state index in [1.165, 1.54) is 0 Å². The van der Waals surface area contributed by atoms with Crippen LogP contribution in [0.5, 0.6) is 0 Å². The standard InChI is InChI=1S/C4H8O3S/c5-4-7-2-1-3-8(4)6/h4-5H,1-3H2. The van der Waals surface area contributed by atoms with Crippen LogP contribution < -0.4 is 0 Å². The van der Waals surface area contributed by atoms with Crippen LogP contribution in [0.25, 0.3) is 0 Å². The third-order valence-electron chi connectivity index (χ3n) is 0.975. The predicted octanol–water partition coefficient (Wildman–Crippen LogP) is -0.569. The zero-order chi connectivity index (χ0) is 5.98. The Balaban J connectivity index is 2.39. The molecule has 0 aromatic carbocycles. The van der Waals surface area contributed by atoms with Crippen molar-refractivity contribution in [2.45, 2.75) is 12.0 Å². The van der Waals surface area contributed by atoms with E-state index in [1.54, 1.807) is 0 Å². The minimum Gasteiger partial charge on any atom is -0.358 e. The lowest BCUT2D eigenvalue weighted by Crippen LogP contribution is -2.27. The zero-order valence-corrected chi connectivity index (χ0v) is 5.19. The van der Waals surface area contributed by atoms with Gasteiger partial charge in [0.05, 0.1) is 17.4 Å². The molecule has 1 aliphatic heterocycles. The average Bonchev–Trinajstić information content (AvgIpc) is 1.77. The van der Waals surface area contributed by atoms with Crippen molar-refractivity contribution in [2.75, 3.05) is 12.4 Å². The highest BCUT2D eigenvalue weighted by Crippen LogP contribution is 2.04. The van der Waals surface area contributed by atoms with E-state index in [-0.39, 0.29) is 0 Å². The van der Waals surface area contributed by atoms with E-state index in [0.717, 1.165) is 6.42 Å². The summed E-state index contributed by atoms with van der Waals surface area (Å²) >= 11 is 0. The van der Waals surface area contributed by atoms with Crippen LogP contribution in [0.3, 0.4) is 0 Å². The van der Waals surface area contributed by atoms with Gasteiger partial charge in [0.15, 0.2) is 0 Å². The van der Waals surface area contributed by atoms with E-state index in [1.807, 2.05) is 0 Å². The van der Waals surface area contributed by atoms with Crippen molar-refractivity contribution in [3.05, 3.63) is 0 Å². The Bertz CT molecular complexity index is 103. The van der Waals surface area contributed by atoms with E-state index in [0.29, 0.717) is 12.4 Å². The van der Waals surface area contributed by atoms with Gasteiger partial charge in [-0.3, -0.25) is 4.21 Å². The summed E-state index contributed by atoms with van der Waals surface area (Å²) < 4.78 is 15.2. The fraction of sp³-hybridized carbons (Fsp3) is 1.00. The van der Waals surface area contributed by atoms with Gasteiger partial charge in [-0.05, 0) is 6.42 Å². The van der Waals surface area contributed by atoms with Crippen molar-refractivity contribution in [3.8, 4) is 0 Å². The van der Waals surface area contributed by atoms with Gasteiger partial charge in [-0.25, -0.2) is 0 Å². The second-order valence-electron chi connectivity index (χ2n) is 1.62. The second-order valence-corrected chi connectivity index (χ2v) is 3.19. The zero-order valence-electron chi connectivity index (χ0n) is 4.37. The lowest BCUT2D eigenvalue weighted by atomic mass is 10.5. The highest BCUT2D eigenvalue weighted by atomic mass is 32.2. The number of aliphatic hydroxyl groups is 1. The molecule has 0 aromatic rings. The van der Waals surface area contributed by atoms with Crippen LogP contribution in [0, 0.1) is 0 Å². The van der Waals surface area contributed by atoms with E-state index < -0.39 is 16.4 Å². The normalized spacial score (nSPS) is 39.6. The van der Waals surface area contributed by atoms with Crippen molar-refractivity contribution in [1.82, 2.24) is 0 Å². The van der Waals surface area contributed by atoms with Gasteiger partial charge >= 0.3 is 0 Å². The first kappa shape index (κ1) is 6.19. The Morgan fingerprint density at radius 1 is 1.75 bits per heavy atom. The van der Waals surface area contributed by atoms with Crippen LogP contribution >= 0.6 is 0 Å². The summed E-state index contributed by atoms with van der Waals surface area (Å²) in [6.07, 6.45) is 0.795. The summed E-state index contributed by atoms with van der Waals surface area (Å²) in [4.78, 5) is 0. The SMILES string of the molecule is O=S1CCCOC1O. The lowest BCUT2D eigenvalue weighted by Gasteiger charge is -2.15. The number of hydrogen-bond acceptors (Lipinski definition) is 3. The molecule has 1 heterocycles. The van der Waals surface area contributed by atoms with Gasteiger partial charge < -0.3 is 9.84 Å². The van der Waals surface area contributed by atoms with Crippen molar-refractivity contribution in [2.24, 2.45) is 0 Å². The van der Waals surface area contributed by atoms with Crippen molar-refractivity contribution >= 4 is 10.8 Å². The first-order chi connectivity index (χ1) is 3.80. The maximum Gasteiger partial charge on any atom is 0.233 e. The summed E-state index contributed by atoms with van der Waals surface area (Å²) in [5, 5.41) is 8.66. The van der Waals surface area contributed by atoms with Gasteiger partial charge in [0.1, 0.15) is 0 Å². The topological polar surface area (TPSA) is 46.5 Å². The van der Waals surface area contributed by atoms with Gasteiger partial charge in [0, 0.05) is 5.75 Å². The quantitative estimate of drug-likeness (QED) is 0.485. The Kier molecular flexibility index (Phi) is 1.99. The van der Waals surface area contributed by atoms with Gasteiger partial charge in [0.2, 0.25) is 5.62 Å². The Labute approximate surface area is 50.1 Å². The fourth-order valence-corrected chi connectivity index (χ4v) is 1.41. The first-order valence-corrected chi connectivity index (χ1v) is 3.86. The molecule has 1 N–H and O–H groups in total. The molecule has 8 heavy (non-hydrogen) atoms. The predicted molar refractivity (Wildman–Crippen MR) is 29.6 cm³/mol. The molecular formula is C4H8O3S. The molecule has 0 aliphatic carbocycles. The monoisotopic (exact) mass is 136 g/mol. The van der Waals surface area contributed by atoms with E-state index in [9.17, 15) is 4.21 Å². The summed E-state index contributed by atoms with van der Waals surface area (Å²) in [7, 11) is -1.15. The molecule has 0 radical (unpaired) electrons. The first-order valence-electron chi connectivity index (χ1n) is 2.47. The van der Waals surface area contributed by atoms with Crippen LogP contribution in [0.4, 0.5) is 0 Å². The summed E-state index contributed by atoms with van der Waals surface area (Å²) in [5.74, 6) is 0.571. The third-order valence-corrected chi connectivity index (χ3v) is 2.25. The van der Waals surface area contributed by atoms with Crippen molar-refractivity contribution in [3.63, 3.8) is 0 Å². The second kappa shape index (κ2) is 2.57. The molecule has 4 heteroatoms. The van der Waals surface area contributed by atoms with Crippen LogP contribution in [0.15, 0.2) is 0 Å². The average molecular weight is 136 g/mol. The molecule has 48 valence electrons. The minimum absolute atomic E-state index is 0.535. The molecule has 0 bridgehead atoms. The van der Waals surface area contributed by atoms with E-state index in [4.69, 9.17) is 5.11 Å². The summed E-state index contributed by atoms with van der Waals surface area (Å²) in [5.41, 5.74) is -1.02. The smallest absolute Gasteiger partial charge is 0.233 e. The van der Waals surface area contributed by atoms with Crippen LogP contribution in [-0.4, -0.2) is 27.3 Å². The van der Waals surface area contributed by atoms with Gasteiger partial charge in [0.25, 0.3) is 0 Å². The molecule has 1 fully saturated rings. The maximum absolute atomic E-state index is 10.5. The Hall–Kier alpha value is 0.0700. The van der Waals surface area contributed by atoms with Gasteiger partial charge in [-0.2, -0.15) is 0 Å². The van der Waals surface area contributed by atoms with E-state index >= 15 is 0 Å². The van der Waals surface area contributed by atoms with Crippen molar-refractivity contribution in [1.29, 1.82) is 0 Å². The van der Waals surface area contributed by atoms with E-state index in [2.05, 4.69) is 4.74 Å². The number of hydrogen-bond donors (Lipinski definition) is 1. The molecular weight excluding hydrogens is 128 g/mol. The highest BCUT2D eigenvalue weighted by molar-refractivity contribution is 7.85. The molecule has 0 aromatic heterocycles. The highest BCUT2D eigenvalue weighted by Gasteiger charge is 2.17. The molecule has 0 saturated carbocycles.